The molecule has 1 amide bonds. The number of hydrogen-bond donors (Lipinski definition) is 2. The average molecular weight is 268 g/mol. The molecule has 0 atom stereocenters. The van der Waals surface area contributed by atoms with E-state index in [2.05, 4.69) is 34.6 Å². The van der Waals surface area contributed by atoms with Gasteiger partial charge in [-0.1, -0.05) is 19.1 Å². The Morgan fingerprint density at radius 1 is 1.35 bits per heavy atom. The summed E-state index contributed by atoms with van der Waals surface area (Å²) in [5.41, 5.74) is 3.63. The molecule has 2 aromatic rings. The Hall–Kier alpha value is -1.77. The van der Waals surface area contributed by atoms with Crippen molar-refractivity contribution in [3.8, 4) is 0 Å². The van der Waals surface area contributed by atoms with E-state index in [-0.39, 0.29) is 11.3 Å². The van der Waals surface area contributed by atoms with Gasteiger partial charge in [0.1, 0.15) is 0 Å². The van der Waals surface area contributed by atoms with Crippen molar-refractivity contribution in [3.05, 3.63) is 35.5 Å². The van der Waals surface area contributed by atoms with Crippen LogP contribution in [0.2, 0.25) is 0 Å². The van der Waals surface area contributed by atoms with Gasteiger partial charge in [-0.3, -0.25) is 4.79 Å². The minimum absolute atomic E-state index is 0.0921. The molecule has 2 aliphatic rings. The van der Waals surface area contributed by atoms with E-state index >= 15 is 0 Å². The van der Waals surface area contributed by atoms with Crippen molar-refractivity contribution >= 4 is 16.8 Å². The smallest absolute Gasteiger partial charge is 0.226 e. The van der Waals surface area contributed by atoms with Crippen LogP contribution in [0.1, 0.15) is 49.8 Å². The van der Waals surface area contributed by atoms with Crippen molar-refractivity contribution in [3.63, 3.8) is 0 Å². The summed E-state index contributed by atoms with van der Waals surface area (Å²) in [7, 11) is 0. The molecule has 1 aromatic carbocycles. The SMILES string of the molecule is CC1(C(=O)NCc2cc3ccc(C4CC4)cc3[nH]2)CC1. The zero-order valence-corrected chi connectivity index (χ0v) is 11.8. The number of nitrogens with one attached hydrogen (secondary N) is 2. The van der Waals surface area contributed by atoms with E-state index in [1.54, 1.807) is 0 Å². The maximum atomic E-state index is 11.9. The molecule has 0 radical (unpaired) electrons. The van der Waals surface area contributed by atoms with Gasteiger partial charge in [0, 0.05) is 16.6 Å². The average Bonchev–Trinajstić information content (AvgIpc) is 3.35. The second-order valence-corrected chi connectivity index (χ2v) is 6.66. The van der Waals surface area contributed by atoms with Crippen molar-refractivity contribution in [2.45, 2.75) is 45.1 Å². The molecule has 2 saturated carbocycles. The van der Waals surface area contributed by atoms with Crippen LogP contribution in [0.4, 0.5) is 0 Å². The predicted molar refractivity (Wildman–Crippen MR) is 79.5 cm³/mol. The summed E-state index contributed by atoms with van der Waals surface area (Å²) in [5.74, 6) is 0.968. The van der Waals surface area contributed by atoms with Gasteiger partial charge in [-0.25, -0.2) is 0 Å². The topological polar surface area (TPSA) is 44.9 Å². The Kier molecular flexibility index (Phi) is 2.47. The van der Waals surface area contributed by atoms with Crippen LogP contribution in [0.25, 0.3) is 10.9 Å². The summed E-state index contributed by atoms with van der Waals surface area (Å²) in [5, 5.41) is 4.27. The summed E-state index contributed by atoms with van der Waals surface area (Å²) in [6.45, 7) is 2.64. The largest absolute Gasteiger partial charge is 0.357 e. The lowest BCUT2D eigenvalue weighted by Gasteiger charge is -2.08. The molecule has 3 heteroatoms. The Morgan fingerprint density at radius 3 is 2.85 bits per heavy atom. The molecule has 0 aliphatic heterocycles. The summed E-state index contributed by atoms with van der Waals surface area (Å²) < 4.78 is 0. The number of carbonyl (C=O) groups is 1. The summed E-state index contributed by atoms with van der Waals surface area (Å²) in [4.78, 5) is 15.4. The number of carbonyl (C=O) groups excluding carboxylic acids is 1. The van der Waals surface area contributed by atoms with Crippen LogP contribution in [-0.4, -0.2) is 10.9 Å². The summed E-state index contributed by atoms with van der Waals surface area (Å²) in [6, 6.07) is 8.83. The van der Waals surface area contributed by atoms with Gasteiger partial charge >= 0.3 is 0 Å². The van der Waals surface area contributed by atoms with Gasteiger partial charge in [-0.05, 0) is 54.7 Å². The molecule has 1 heterocycles. The third-order valence-corrected chi connectivity index (χ3v) is 4.74. The number of aromatic amines is 1. The molecule has 20 heavy (non-hydrogen) atoms. The fourth-order valence-corrected chi connectivity index (χ4v) is 2.77. The number of amides is 1. The number of rotatable bonds is 4. The Bertz CT molecular complexity index is 677. The van der Waals surface area contributed by atoms with Crippen molar-refractivity contribution in [1.82, 2.24) is 10.3 Å². The fraction of sp³-hybridized carbons (Fsp3) is 0.471. The van der Waals surface area contributed by atoms with E-state index in [4.69, 9.17) is 0 Å². The van der Waals surface area contributed by atoms with Crippen LogP contribution in [0.15, 0.2) is 24.3 Å². The second-order valence-electron chi connectivity index (χ2n) is 6.66. The molecule has 104 valence electrons. The normalized spacial score (nSPS) is 20.1. The zero-order chi connectivity index (χ0) is 13.7. The maximum absolute atomic E-state index is 11.9. The Morgan fingerprint density at radius 2 is 2.15 bits per heavy atom. The number of hydrogen-bond acceptors (Lipinski definition) is 1. The lowest BCUT2D eigenvalue weighted by atomic mass is 10.1. The first kappa shape index (κ1) is 12.0. The van der Waals surface area contributed by atoms with Crippen LogP contribution in [0.3, 0.4) is 0 Å². The van der Waals surface area contributed by atoms with Crippen molar-refractivity contribution in [1.29, 1.82) is 0 Å². The van der Waals surface area contributed by atoms with Crippen LogP contribution >= 0.6 is 0 Å². The van der Waals surface area contributed by atoms with E-state index in [9.17, 15) is 4.79 Å². The Labute approximate surface area is 118 Å². The molecular weight excluding hydrogens is 248 g/mol. The van der Waals surface area contributed by atoms with Crippen LogP contribution in [0, 0.1) is 5.41 Å². The lowest BCUT2D eigenvalue weighted by molar-refractivity contribution is -0.125. The first-order valence-corrected chi connectivity index (χ1v) is 7.54. The minimum Gasteiger partial charge on any atom is -0.357 e. The lowest BCUT2D eigenvalue weighted by Crippen LogP contribution is -2.29. The molecule has 0 saturated heterocycles. The zero-order valence-electron chi connectivity index (χ0n) is 11.8. The Balaban J connectivity index is 1.50. The third-order valence-electron chi connectivity index (χ3n) is 4.74. The quantitative estimate of drug-likeness (QED) is 0.876. The summed E-state index contributed by atoms with van der Waals surface area (Å²) >= 11 is 0. The molecule has 4 rings (SSSR count). The van der Waals surface area contributed by atoms with Gasteiger partial charge in [0.2, 0.25) is 5.91 Å². The number of H-pyrrole nitrogens is 1. The van der Waals surface area contributed by atoms with E-state index in [1.165, 1.54) is 29.3 Å². The standard InChI is InChI=1S/C17H20N2O/c1-17(6-7-17)16(20)18-10-14-8-13-5-4-12(11-2-3-11)9-15(13)19-14/h4-5,8-9,11,19H,2-3,6-7,10H2,1H3,(H,18,20). The van der Waals surface area contributed by atoms with Crippen LogP contribution in [-0.2, 0) is 11.3 Å². The predicted octanol–water partition coefficient (Wildman–Crippen LogP) is 3.46. The highest BCUT2D eigenvalue weighted by Crippen LogP contribution is 2.45. The molecule has 3 nitrogen and oxygen atoms in total. The van der Waals surface area contributed by atoms with Crippen molar-refractivity contribution < 1.29 is 4.79 Å². The molecule has 1 aromatic heterocycles. The molecule has 0 unspecified atom stereocenters. The summed E-state index contributed by atoms with van der Waals surface area (Å²) in [6.07, 6.45) is 4.70. The number of fused-ring (bicyclic) bond motifs is 1. The van der Waals surface area contributed by atoms with E-state index < -0.39 is 0 Å². The molecule has 0 spiro atoms. The van der Waals surface area contributed by atoms with Crippen molar-refractivity contribution in [2.24, 2.45) is 5.41 Å². The van der Waals surface area contributed by atoms with Gasteiger partial charge < -0.3 is 10.3 Å². The highest BCUT2D eigenvalue weighted by atomic mass is 16.2. The van der Waals surface area contributed by atoms with E-state index in [1.807, 2.05) is 6.92 Å². The molecule has 2 aliphatic carbocycles. The van der Waals surface area contributed by atoms with Gasteiger partial charge in [-0.15, -0.1) is 0 Å². The fourth-order valence-electron chi connectivity index (χ4n) is 2.77. The molecule has 2 fully saturated rings. The van der Waals surface area contributed by atoms with Crippen LogP contribution in [0.5, 0.6) is 0 Å². The van der Waals surface area contributed by atoms with Gasteiger partial charge in [0.15, 0.2) is 0 Å². The molecule has 0 bridgehead atoms. The third kappa shape index (κ3) is 2.11. The van der Waals surface area contributed by atoms with Gasteiger partial charge in [-0.2, -0.15) is 0 Å². The number of aromatic nitrogens is 1. The molecular formula is C17H20N2O. The van der Waals surface area contributed by atoms with Gasteiger partial charge in [0.05, 0.1) is 6.54 Å². The van der Waals surface area contributed by atoms with Gasteiger partial charge in [0.25, 0.3) is 0 Å². The first-order chi connectivity index (χ1) is 9.64. The number of benzene rings is 1. The molecule has 2 N–H and O–H groups in total. The van der Waals surface area contributed by atoms with Crippen LogP contribution < -0.4 is 5.32 Å². The second kappa shape index (κ2) is 4.11. The highest BCUT2D eigenvalue weighted by Gasteiger charge is 2.44. The van der Waals surface area contributed by atoms with E-state index in [0.29, 0.717) is 6.54 Å². The monoisotopic (exact) mass is 268 g/mol. The minimum atomic E-state index is -0.0921. The van der Waals surface area contributed by atoms with E-state index in [0.717, 1.165) is 24.5 Å². The highest BCUT2D eigenvalue weighted by molar-refractivity contribution is 5.85. The maximum Gasteiger partial charge on any atom is 0.226 e. The van der Waals surface area contributed by atoms with Crippen molar-refractivity contribution in [2.75, 3.05) is 0 Å². The first-order valence-electron chi connectivity index (χ1n) is 7.54.